The van der Waals surface area contributed by atoms with E-state index in [2.05, 4.69) is 15.7 Å². The number of methoxy groups -OCH3 is 1. The van der Waals surface area contributed by atoms with Crippen LogP contribution in [-0.4, -0.2) is 41.3 Å². The number of carbonyl (C=O) groups excluding carboxylic acids is 2. The van der Waals surface area contributed by atoms with Gasteiger partial charge in [0.2, 0.25) is 5.91 Å². The summed E-state index contributed by atoms with van der Waals surface area (Å²) in [6.07, 6.45) is 4.08. The summed E-state index contributed by atoms with van der Waals surface area (Å²) >= 11 is 0. The van der Waals surface area contributed by atoms with Crippen molar-refractivity contribution in [1.29, 1.82) is 0 Å². The maximum Gasteiger partial charge on any atom is 0.276 e. The summed E-state index contributed by atoms with van der Waals surface area (Å²) in [5.41, 5.74) is 0.987. The van der Waals surface area contributed by atoms with E-state index in [9.17, 15) is 9.59 Å². The van der Waals surface area contributed by atoms with Crippen molar-refractivity contribution in [3.63, 3.8) is 0 Å². The lowest BCUT2D eigenvalue weighted by Crippen LogP contribution is -2.45. The third-order valence-electron chi connectivity index (χ3n) is 3.98. The molecule has 0 bridgehead atoms. The summed E-state index contributed by atoms with van der Waals surface area (Å²) in [6.45, 7) is 0.650. The molecule has 0 saturated carbocycles. The van der Waals surface area contributed by atoms with Gasteiger partial charge in [0.05, 0.1) is 19.0 Å². The van der Waals surface area contributed by atoms with Gasteiger partial charge in [-0.1, -0.05) is 18.2 Å². The highest BCUT2D eigenvalue weighted by Gasteiger charge is 2.26. The first-order valence-corrected chi connectivity index (χ1v) is 7.96. The molecule has 2 amide bonds. The Morgan fingerprint density at radius 2 is 2.12 bits per heavy atom. The Morgan fingerprint density at radius 3 is 2.88 bits per heavy atom. The topological polar surface area (TPSA) is 85.2 Å². The van der Waals surface area contributed by atoms with Crippen molar-refractivity contribution in [3.05, 3.63) is 42.2 Å². The lowest BCUT2D eigenvalue weighted by Gasteiger charge is -2.14. The van der Waals surface area contributed by atoms with Gasteiger partial charge in [0.15, 0.2) is 11.4 Å². The minimum absolute atomic E-state index is 0.151. The Morgan fingerprint density at radius 1 is 1.33 bits per heavy atom. The molecule has 1 aliphatic heterocycles. The highest BCUT2D eigenvalue weighted by molar-refractivity contribution is 5.98. The Hall–Kier alpha value is -2.83. The molecule has 0 spiro atoms. The van der Waals surface area contributed by atoms with Gasteiger partial charge < -0.3 is 15.4 Å². The molecule has 2 heterocycles. The van der Waals surface area contributed by atoms with Gasteiger partial charge in [-0.2, -0.15) is 5.10 Å². The average molecular weight is 328 g/mol. The number of nitrogens with zero attached hydrogens (tertiary/aromatic N) is 2. The van der Waals surface area contributed by atoms with E-state index in [1.807, 2.05) is 30.3 Å². The maximum absolute atomic E-state index is 12.5. The highest BCUT2D eigenvalue weighted by atomic mass is 16.5. The van der Waals surface area contributed by atoms with Crippen LogP contribution >= 0.6 is 0 Å². The normalized spacial score (nSPS) is 17.7. The molecule has 2 aromatic rings. The minimum atomic E-state index is -0.536. The summed E-state index contributed by atoms with van der Waals surface area (Å²) in [5.74, 6) is -0.198. The minimum Gasteiger partial charge on any atom is -0.493 e. The van der Waals surface area contributed by atoms with Crippen LogP contribution < -0.4 is 15.4 Å². The molecule has 3 rings (SSSR count). The van der Waals surface area contributed by atoms with E-state index in [4.69, 9.17) is 4.74 Å². The first kappa shape index (κ1) is 16.0. The predicted octanol–water partition coefficient (Wildman–Crippen LogP) is 1.28. The second kappa shape index (κ2) is 7.16. The standard InChI is InChI=1S/C17H20N4O3/c1-24-14-11-21(12-7-3-2-4-8-12)20-15(14)17(23)19-13-9-5-6-10-18-16(13)22/h2-4,7-8,11,13H,5-6,9-10H2,1H3,(H,18,22)(H,19,23)/t13-/m1/s1. The van der Waals surface area contributed by atoms with Gasteiger partial charge in [-0.25, -0.2) is 4.68 Å². The van der Waals surface area contributed by atoms with Crippen LogP contribution in [0.2, 0.25) is 0 Å². The quantitative estimate of drug-likeness (QED) is 0.885. The summed E-state index contributed by atoms with van der Waals surface area (Å²) in [6, 6.07) is 8.91. The molecule has 7 heteroatoms. The number of nitrogens with one attached hydrogen (secondary N) is 2. The fourth-order valence-electron chi connectivity index (χ4n) is 2.68. The molecular formula is C17H20N4O3. The van der Waals surface area contributed by atoms with Crippen LogP contribution in [-0.2, 0) is 4.79 Å². The Labute approximate surface area is 140 Å². The third-order valence-corrected chi connectivity index (χ3v) is 3.98. The molecule has 0 unspecified atom stereocenters. The number of carbonyl (C=O) groups is 2. The van der Waals surface area contributed by atoms with Gasteiger partial charge in [0.1, 0.15) is 6.04 Å². The second-order valence-electron chi connectivity index (χ2n) is 5.64. The number of amides is 2. The molecule has 24 heavy (non-hydrogen) atoms. The van der Waals surface area contributed by atoms with Crippen molar-refractivity contribution in [1.82, 2.24) is 20.4 Å². The lowest BCUT2D eigenvalue weighted by atomic mass is 10.1. The zero-order valence-electron chi connectivity index (χ0n) is 13.5. The number of rotatable bonds is 4. The number of para-hydroxylation sites is 1. The van der Waals surface area contributed by atoms with E-state index in [0.29, 0.717) is 18.7 Å². The monoisotopic (exact) mass is 328 g/mol. The largest absolute Gasteiger partial charge is 0.493 e. The molecule has 0 radical (unpaired) electrons. The molecule has 1 aliphatic rings. The van der Waals surface area contributed by atoms with E-state index in [-0.39, 0.29) is 11.6 Å². The predicted molar refractivity (Wildman–Crippen MR) is 88.2 cm³/mol. The number of aromatic nitrogens is 2. The molecule has 7 nitrogen and oxygen atoms in total. The lowest BCUT2D eigenvalue weighted by molar-refractivity contribution is -0.122. The Bertz CT molecular complexity index is 727. The number of benzene rings is 1. The SMILES string of the molecule is COc1cn(-c2ccccc2)nc1C(=O)N[C@@H]1CCCCNC1=O. The number of ether oxygens (including phenoxy) is 1. The van der Waals surface area contributed by atoms with Crippen molar-refractivity contribution < 1.29 is 14.3 Å². The van der Waals surface area contributed by atoms with Crippen molar-refractivity contribution in [2.75, 3.05) is 13.7 Å². The van der Waals surface area contributed by atoms with Crippen molar-refractivity contribution >= 4 is 11.8 Å². The summed E-state index contributed by atoms with van der Waals surface area (Å²) in [5, 5.41) is 9.87. The van der Waals surface area contributed by atoms with Crippen LogP contribution in [0.3, 0.4) is 0 Å². The zero-order valence-corrected chi connectivity index (χ0v) is 13.5. The summed E-state index contributed by atoms with van der Waals surface area (Å²) < 4.78 is 6.85. The molecular weight excluding hydrogens is 308 g/mol. The molecule has 1 saturated heterocycles. The average Bonchev–Trinajstić information content (AvgIpc) is 2.95. The van der Waals surface area contributed by atoms with Crippen molar-refractivity contribution in [2.45, 2.75) is 25.3 Å². The van der Waals surface area contributed by atoms with Crippen LogP contribution in [0.1, 0.15) is 29.8 Å². The van der Waals surface area contributed by atoms with Gasteiger partial charge >= 0.3 is 0 Å². The van der Waals surface area contributed by atoms with E-state index < -0.39 is 11.9 Å². The molecule has 1 aromatic carbocycles. The fraction of sp³-hybridized carbons (Fsp3) is 0.353. The van der Waals surface area contributed by atoms with Crippen molar-refractivity contribution in [2.24, 2.45) is 0 Å². The van der Waals surface area contributed by atoms with Gasteiger partial charge in [-0.05, 0) is 31.4 Å². The zero-order chi connectivity index (χ0) is 16.9. The first-order chi connectivity index (χ1) is 11.7. The third kappa shape index (κ3) is 3.40. The molecule has 2 N–H and O–H groups in total. The van der Waals surface area contributed by atoms with Gasteiger partial charge in [-0.3, -0.25) is 9.59 Å². The van der Waals surface area contributed by atoms with E-state index in [1.165, 1.54) is 7.11 Å². The Kier molecular flexibility index (Phi) is 4.79. The van der Waals surface area contributed by atoms with Gasteiger partial charge in [0.25, 0.3) is 5.91 Å². The molecule has 1 fully saturated rings. The second-order valence-corrected chi connectivity index (χ2v) is 5.64. The molecule has 1 aromatic heterocycles. The van der Waals surface area contributed by atoms with Crippen LogP contribution in [0.15, 0.2) is 36.5 Å². The van der Waals surface area contributed by atoms with E-state index in [0.717, 1.165) is 18.5 Å². The van der Waals surface area contributed by atoms with Crippen LogP contribution in [0.5, 0.6) is 5.75 Å². The van der Waals surface area contributed by atoms with Gasteiger partial charge in [-0.15, -0.1) is 0 Å². The van der Waals surface area contributed by atoms with Gasteiger partial charge in [0, 0.05) is 6.54 Å². The smallest absolute Gasteiger partial charge is 0.276 e. The van der Waals surface area contributed by atoms with E-state index in [1.54, 1.807) is 10.9 Å². The number of hydrogen-bond acceptors (Lipinski definition) is 4. The molecule has 0 aliphatic carbocycles. The van der Waals surface area contributed by atoms with Crippen molar-refractivity contribution in [3.8, 4) is 11.4 Å². The fourth-order valence-corrected chi connectivity index (χ4v) is 2.68. The van der Waals surface area contributed by atoms with Crippen LogP contribution in [0.4, 0.5) is 0 Å². The summed E-state index contributed by atoms with van der Waals surface area (Å²) in [4.78, 5) is 24.5. The Balaban J connectivity index is 1.81. The van der Waals surface area contributed by atoms with Crippen LogP contribution in [0, 0.1) is 0 Å². The summed E-state index contributed by atoms with van der Waals surface area (Å²) in [7, 11) is 1.49. The first-order valence-electron chi connectivity index (χ1n) is 7.96. The highest BCUT2D eigenvalue weighted by Crippen LogP contribution is 2.20. The maximum atomic E-state index is 12.5. The molecule has 126 valence electrons. The number of hydrogen-bond donors (Lipinski definition) is 2. The van der Waals surface area contributed by atoms with Crippen LogP contribution in [0.25, 0.3) is 5.69 Å². The van der Waals surface area contributed by atoms with E-state index >= 15 is 0 Å². The molecule has 1 atom stereocenters.